The Bertz CT molecular complexity index is 284. The van der Waals surface area contributed by atoms with Crippen LogP contribution >= 0.6 is 0 Å². The number of carbonyl (C=O) groups excluding carboxylic acids is 3. The van der Waals surface area contributed by atoms with Gasteiger partial charge in [-0.1, -0.05) is 0 Å². The van der Waals surface area contributed by atoms with Crippen LogP contribution in [0, 0.1) is 0 Å². The summed E-state index contributed by atoms with van der Waals surface area (Å²) >= 11 is 0. The maximum absolute atomic E-state index is 10.9. The van der Waals surface area contributed by atoms with E-state index < -0.39 is 30.1 Å². The molecule has 0 radical (unpaired) electrons. The maximum atomic E-state index is 10.9. The SMILES string of the molecule is CC(=O)OC[C@H]1OC(=O)C[C@@H]1OC(C)=O. The fraction of sp³-hybridized carbons (Fsp3) is 0.667. The molecule has 1 heterocycles. The minimum atomic E-state index is -0.690. The monoisotopic (exact) mass is 216 g/mol. The van der Waals surface area contributed by atoms with Crippen LogP contribution in [-0.2, 0) is 28.6 Å². The van der Waals surface area contributed by atoms with Gasteiger partial charge >= 0.3 is 17.9 Å². The van der Waals surface area contributed by atoms with Gasteiger partial charge in [-0.05, 0) is 0 Å². The predicted octanol–water partition coefficient (Wildman–Crippen LogP) is -0.203. The molecule has 2 atom stereocenters. The molecule has 0 saturated carbocycles. The van der Waals surface area contributed by atoms with E-state index in [2.05, 4.69) is 4.74 Å². The van der Waals surface area contributed by atoms with Crippen molar-refractivity contribution in [2.45, 2.75) is 32.5 Å². The molecule has 0 aliphatic carbocycles. The van der Waals surface area contributed by atoms with E-state index in [-0.39, 0.29) is 13.0 Å². The Kier molecular flexibility index (Phi) is 3.65. The number of carbonyl (C=O) groups is 3. The van der Waals surface area contributed by atoms with Crippen molar-refractivity contribution in [2.75, 3.05) is 6.61 Å². The number of ether oxygens (including phenoxy) is 3. The van der Waals surface area contributed by atoms with Crippen LogP contribution in [-0.4, -0.2) is 36.7 Å². The number of rotatable bonds is 3. The number of cyclic esters (lactones) is 1. The van der Waals surface area contributed by atoms with Crippen molar-refractivity contribution in [2.24, 2.45) is 0 Å². The molecule has 0 aromatic heterocycles. The second kappa shape index (κ2) is 4.77. The third kappa shape index (κ3) is 3.57. The fourth-order valence-corrected chi connectivity index (χ4v) is 1.26. The van der Waals surface area contributed by atoms with Gasteiger partial charge in [0.2, 0.25) is 0 Å². The zero-order chi connectivity index (χ0) is 11.4. The average Bonchev–Trinajstić information content (AvgIpc) is 2.41. The molecule has 0 N–H and O–H groups in total. The van der Waals surface area contributed by atoms with E-state index in [1.54, 1.807) is 0 Å². The molecule has 84 valence electrons. The van der Waals surface area contributed by atoms with Crippen molar-refractivity contribution in [1.29, 1.82) is 0 Å². The maximum Gasteiger partial charge on any atom is 0.310 e. The summed E-state index contributed by atoms with van der Waals surface area (Å²) in [5, 5.41) is 0. The van der Waals surface area contributed by atoms with Crippen molar-refractivity contribution in [3.8, 4) is 0 Å². The van der Waals surface area contributed by atoms with Crippen molar-refractivity contribution >= 4 is 17.9 Å². The van der Waals surface area contributed by atoms with E-state index in [4.69, 9.17) is 9.47 Å². The number of hydrogen-bond acceptors (Lipinski definition) is 6. The van der Waals surface area contributed by atoms with Gasteiger partial charge in [-0.25, -0.2) is 0 Å². The van der Waals surface area contributed by atoms with Gasteiger partial charge < -0.3 is 14.2 Å². The van der Waals surface area contributed by atoms with E-state index in [0.717, 1.165) is 0 Å². The van der Waals surface area contributed by atoms with E-state index in [1.807, 2.05) is 0 Å². The molecule has 0 amide bonds. The van der Waals surface area contributed by atoms with Crippen molar-refractivity contribution in [3.63, 3.8) is 0 Å². The lowest BCUT2D eigenvalue weighted by Gasteiger charge is -2.16. The van der Waals surface area contributed by atoms with Crippen LogP contribution in [0.2, 0.25) is 0 Å². The van der Waals surface area contributed by atoms with Crippen LogP contribution in [0.5, 0.6) is 0 Å². The van der Waals surface area contributed by atoms with Crippen LogP contribution in [0.4, 0.5) is 0 Å². The molecule has 6 heteroatoms. The lowest BCUT2D eigenvalue weighted by Crippen LogP contribution is -2.31. The zero-order valence-electron chi connectivity index (χ0n) is 8.52. The summed E-state index contributed by atoms with van der Waals surface area (Å²) in [6.07, 6.45) is -1.34. The first kappa shape index (κ1) is 11.5. The number of hydrogen-bond donors (Lipinski definition) is 0. The Hall–Kier alpha value is -1.59. The first-order valence-electron chi connectivity index (χ1n) is 4.49. The van der Waals surface area contributed by atoms with E-state index in [9.17, 15) is 14.4 Å². The lowest BCUT2D eigenvalue weighted by atomic mass is 10.2. The molecular weight excluding hydrogens is 204 g/mol. The predicted molar refractivity (Wildman–Crippen MR) is 46.7 cm³/mol. The molecule has 1 saturated heterocycles. The summed E-state index contributed by atoms with van der Waals surface area (Å²) in [5.41, 5.74) is 0. The lowest BCUT2D eigenvalue weighted by molar-refractivity contribution is -0.158. The third-order valence-corrected chi connectivity index (χ3v) is 1.83. The molecular formula is C9H12O6. The van der Waals surface area contributed by atoms with Gasteiger partial charge in [0.1, 0.15) is 6.61 Å². The normalized spacial score (nSPS) is 24.5. The molecule has 1 aliphatic rings. The summed E-state index contributed by atoms with van der Waals surface area (Å²) in [6, 6.07) is 0. The molecule has 0 bridgehead atoms. The molecule has 6 nitrogen and oxygen atoms in total. The van der Waals surface area contributed by atoms with Crippen molar-refractivity contribution in [3.05, 3.63) is 0 Å². The standard InChI is InChI=1S/C9H12O6/c1-5(10)13-4-8-7(14-6(2)11)3-9(12)15-8/h7-8H,3-4H2,1-2H3/t7-,8+/m0/s1. The van der Waals surface area contributed by atoms with E-state index in [1.165, 1.54) is 13.8 Å². The highest BCUT2D eigenvalue weighted by Gasteiger charge is 2.37. The minimum absolute atomic E-state index is 0.00547. The van der Waals surface area contributed by atoms with Gasteiger partial charge in [0, 0.05) is 13.8 Å². The van der Waals surface area contributed by atoms with E-state index >= 15 is 0 Å². The largest absolute Gasteiger partial charge is 0.462 e. The molecule has 1 rings (SSSR count). The molecule has 1 fully saturated rings. The first-order chi connectivity index (χ1) is 6.99. The topological polar surface area (TPSA) is 78.9 Å². The molecule has 1 aliphatic heterocycles. The number of esters is 3. The van der Waals surface area contributed by atoms with Gasteiger partial charge in [-0.2, -0.15) is 0 Å². The Morgan fingerprint density at radius 1 is 1.40 bits per heavy atom. The molecule has 0 spiro atoms. The fourth-order valence-electron chi connectivity index (χ4n) is 1.26. The summed E-state index contributed by atoms with van der Waals surface area (Å²) < 4.78 is 14.4. The van der Waals surface area contributed by atoms with Crippen LogP contribution in [0.1, 0.15) is 20.3 Å². The van der Waals surface area contributed by atoms with Gasteiger partial charge in [-0.3, -0.25) is 14.4 Å². The van der Waals surface area contributed by atoms with E-state index in [0.29, 0.717) is 0 Å². The first-order valence-corrected chi connectivity index (χ1v) is 4.49. The Labute approximate surface area is 86.5 Å². The quantitative estimate of drug-likeness (QED) is 0.480. The van der Waals surface area contributed by atoms with Crippen molar-refractivity contribution in [1.82, 2.24) is 0 Å². The summed E-state index contributed by atoms with van der Waals surface area (Å²) in [7, 11) is 0. The molecule has 0 aromatic carbocycles. The second-order valence-corrected chi connectivity index (χ2v) is 3.18. The molecule has 0 unspecified atom stereocenters. The van der Waals surface area contributed by atoms with Crippen molar-refractivity contribution < 1.29 is 28.6 Å². The van der Waals surface area contributed by atoms with Gasteiger partial charge in [-0.15, -0.1) is 0 Å². The van der Waals surface area contributed by atoms with Gasteiger partial charge in [0.25, 0.3) is 0 Å². The summed E-state index contributed by atoms with van der Waals surface area (Å²) in [6.45, 7) is 2.41. The zero-order valence-corrected chi connectivity index (χ0v) is 8.52. The summed E-state index contributed by atoms with van der Waals surface area (Å²) in [5.74, 6) is -1.43. The third-order valence-electron chi connectivity index (χ3n) is 1.83. The minimum Gasteiger partial charge on any atom is -0.462 e. The van der Waals surface area contributed by atoms with Gasteiger partial charge in [0.05, 0.1) is 6.42 Å². The Balaban J connectivity index is 2.48. The highest BCUT2D eigenvalue weighted by molar-refractivity contribution is 5.74. The summed E-state index contributed by atoms with van der Waals surface area (Å²) in [4.78, 5) is 32.2. The highest BCUT2D eigenvalue weighted by Crippen LogP contribution is 2.19. The highest BCUT2D eigenvalue weighted by atomic mass is 16.6. The molecule has 0 aromatic rings. The van der Waals surface area contributed by atoms with Gasteiger partial charge in [0.15, 0.2) is 12.2 Å². The average molecular weight is 216 g/mol. The second-order valence-electron chi connectivity index (χ2n) is 3.18. The van der Waals surface area contributed by atoms with Crippen LogP contribution < -0.4 is 0 Å². The molecule has 15 heavy (non-hydrogen) atoms. The van der Waals surface area contributed by atoms with Crippen LogP contribution in [0.15, 0.2) is 0 Å². The smallest absolute Gasteiger partial charge is 0.310 e. The van der Waals surface area contributed by atoms with Crippen LogP contribution in [0.3, 0.4) is 0 Å². The Morgan fingerprint density at radius 3 is 2.60 bits per heavy atom. The van der Waals surface area contributed by atoms with Crippen LogP contribution in [0.25, 0.3) is 0 Å². The Morgan fingerprint density at radius 2 is 2.07 bits per heavy atom.